The average molecular weight is 433 g/mol. The van der Waals surface area contributed by atoms with E-state index in [4.69, 9.17) is 32.7 Å². The van der Waals surface area contributed by atoms with Gasteiger partial charge in [0.2, 0.25) is 15.9 Å². The molecule has 0 bridgehead atoms. The van der Waals surface area contributed by atoms with Gasteiger partial charge in [-0.15, -0.1) is 0 Å². The van der Waals surface area contributed by atoms with Crippen molar-refractivity contribution in [1.29, 1.82) is 0 Å². The molecule has 0 atom stereocenters. The maximum Gasteiger partial charge on any atom is 0.245 e. The summed E-state index contributed by atoms with van der Waals surface area (Å²) in [7, 11) is -0.811. The second-order valence-electron chi connectivity index (χ2n) is 5.49. The maximum absolute atomic E-state index is 12.4. The maximum atomic E-state index is 12.4. The SMILES string of the molecule is COc1ccc(NC(=O)CN(c2ccc(OC)c(Cl)c2)S(C)(=O)=O)cc1Cl. The van der Waals surface area contributed by atoms with Crippen LogP contribution in [0.4, 0.5) is 11.4 Å². The molecule has 0 aliphatic carbocycles. The minimum atomic E-state index is -3.73. The second-order valence-corrected chi connectivity index (χ2v) is 8.21. The molecule has 2 rings (SSSR count). The third-order valence-corrected chi connectivity index (χ3v) is 5.28. The number of methoxy groups -OCH3 is 2. The molecule has 7 nitrogen and oxygen atoms in total. The normalized spacial score (nSPS) is 11.0. The van der Waals surface area contributed by atoms with E-state index in [2.05, 4.69) is 5.32 Å². The molecule has 0 unspecified atom stereocenters. The van der Waals surface area contributed by atoms with E-state index in [9.17, 15) is 13.2 Å². The van der Waals surface area contributed by atoms with Gasteiger partial charge in [-0.2, -0.15) is 0 Å². The van der Waals surface area contributed by atoms with Gasteiger partial charge in [-0.25, -0.2) is 8.42 Å². The summed E-state index contributed by atoms with van der Waals surface area (Å²) in [5, 5.41) is 3.15. The molecule has 0 fully saturated rings. The first-order valence-corrected chi connectivity index (χ1v) is 10.2. The highest BCUT2D eigenvalue weighted by Crippen LogP contribution is 2.30. The summed E-state index contributed by atoms with van der Waals surface area (Å²) in [6.07, 6.45) is 1.00. The second kappa shape index (κ2) is 8.69. The molecule has 0 spiro atoms. The molecule has 0 saturated carbocycles. The zero-order valence-corrected chi connectivity index (χ0v) is 17.2. The topological polar surface area (TPSA) is 84.9 Å². The summed E-state index contributed by atoms with van der Waals surface area (Å²) in [5.41, 5.74) is 0.651. The van der Waals surface area contributed by atoms with Gasteiger partial charge in [0.05, 0.1) is 36.2 Å². The van der Waals surface area contributed by atoms with Crippen molar-refractivity contribution in [3.63, 3.8) is 0 Å². The summed E-state index contributed by atoms with van der Waals surface area (Å²) >= 11 is 12.1. The number of amides is 1. The Kier molecular flexibility index (Phi) is 6.80. The molecule has 2 aromatic rings. The van der Waals surface area contributed by atoms with Crippen molar-refractivity contribution < 1.29 is 22.7 Å². The van der Waals surface area contributed by atoms with E-state index in [0.717, 1.165) is 10.6 Å². The number of sulfonamides is 1. The van der Waals surface area contributed by atoms with Crippen molar-refractivity contribution >= 4 is 50.5 Å². The van der Waals surface area contributed by atoms with E-state index < -0.39 is 22.5 Å². The Hall–Kier alpha value is -2.16. The van der Waals surface area contributed by atoms with Gasteiger partial charge < -0.3 is 14.8 Å². The average Bonchev–Trinajstić information content (AvgIpc) is 2.59. The van der Waals surface area contributed by atoms with E-state index in [1.807, 2.05) is 0 Å². The molecule has 0 aliphatic rings. The van der Waals surface area contributed by atoms with Gasteiger partial charge in [0.15, 0.2) is 0 Å². The molecule has 0 saturated heterocycles. The summed E-state index contributed by atoms with van der Waals surface area (Å²) in [5.74, 6) is 0.306. The van der Waals surface area contributed by atoms with Crippen LogP contribution >= 0.6 is 23.2 Å². The number of anilines is 2. The third-order valence-electron chi connectivity index (χ3n) is 3.55. The third kappa shape index (κ3) is 5.41. The zero-order valence-electron chi connectivity index (χ0n) is 14.8. The molecule has 146 valence electrons. The van der Waals surface area contributed by atoms with Crippen LogP contribution in [0.3, 0.4) is 0 Å². The Morgan fingerprint density at radius 1 is 1.04 bits per heavy atom. The Balaban J connectivity index is 2.22. The smallest absolute Gasteiger partial charge is 0.245 e. The van der Waals surface area contributed by atoms with Gasteiger partial charge in [0.25, 0.3) is 0 Å². The molecule has 0 aliphatic heterocycles. The van der Waals surface area contributed by atoms with E-state index in [-0.39, 0.29) is 10.7 Å². The van der Waals surface area contributed by atoms with E-state index >= 15 is 0 Å². The predicted molar refractivity (Wildman–Crippen MR) is 107 cm³/mol. The van der Waals surface area contributed by atoms with Crippen LogP contribution in [0.5, 0.6) is 11.5 Å². The summed E-state index contributed by atoms with van der Waals surface area (Å²) in [4.78, 5) is 12.4. The lowest BCUT2D eigenvalue weighted by molar-refractivity contribution is -0.114. The van der Waals surface area contributed by atoms with Crippen LogP contribution in [-0.4, -0.2) is 41.3 Å². The number of hydrogen-bond donors (Lipinski definition) is 1. The van der Waals surface area contributed by atoms with Gasteiger partial charge in [0, 0.05) is 5.69 Å². The van der Waals surface area contributed by atoms with Gasteiger partial charge in [-0.05, 0) is 36.4 Å². The Bertz CT molecular complexity index is 950. The standard InChI is InChI=1S/C17H18Cl2N2O5S/c1-25-15-6-4-11(8-13(15)18)20-17(22)10-21(27(3,23)24)12-5-7-16(26-2)14(19)9-12/h4-9H,10H2,1-3H3,(H,20,22). The summed E-state index contributed by atoms with van der Waals surface area (Å²) in [6, 6.07) is 9.14. The van der Waals surface area contributed by atoms with Crippen molar-refractivity contribution in [3.05, 3.63) is 46.4 Å². The van der Waals surface area contributed by atoms with Crippen molar-refractivity contribution in [2.45, 2.75) is 0 Å². The molecule has 2 aromatic carbocycles. The molecule has 10 heteroatoms. The van der Waals surface area contributed by atoms with Gasteiger partial charge in [-0.1, -0.05) is 23.2 Å². The largest absolute Gasteiger partial charge is 0.495 e. The first kappa shape index (κ1) is 21.1. The zero-order chi connectivity index (χ0) is 20.2. The van der Waals surface area contributed by atoms with Gasteiger partial charge in [-0.3, -0.25) is 9.10 Å². The van der Waals surface area contributed by atoms with Crippen molar-refractivity contribution in [3.8, 4) is 11.5 Å². The molecular weight excluding hydrogens is 415 g/mol. The number of carbonyl (C=O) groups is 1. The highest BCUT2D eigenvalue weighted by atomic mass is 35.5. The van der Waals surface area contributed by atoms with Crippen LogP contribution < -0.4 is 19.1 Å². The van der Waals surface area contributed by atoms with Crippen LogP contribution in [0.25, 0.3) is 0 Å². The van der Waals surface area contributed by atoms with E-state index in [1.165, 1.54) is 38.5 Å². The molecule has 1 N–H and O–H groups in total. The van der Waals surface area contributed by atoms with Crippen LogP contribution in [0.2, 0.25) is 10.0 Å². The number of benzene rings is 2. The van der Waals surface area contributed by atoms with E-state index in [1.54, 1.807) is 12.1 Å². The van der Waals surface area contributed by atoms with Crippen LogP contribution in [0.15, 0.2) is 36.4 Å². The lowest BCUT2D eigenvalue weighted by Gasteiger charge is -2.22. The van der Waals surface area contributed by atoms with Crippen molar-refractivity contribution in [2.75, 3.05) is 36.6 Å². The molecule has 1 amide bonds. The van der Waals surface area contributed by atoms with Crippen molar-refractivity contribution in [2.24, 2.45) is 0 Å². The molecular formula is C17H18Cl2N2O5S. The highest BCUT2D eigenvalue weighted by Gasteiger charge is 2.22. The monoisotopic (exact) mass is 432 g/mol. The fourth-order valence-electron chi connectivity index (χ4n) is 2.29. The minimum absolute atomic E-state index is 0.228. The van der Waals surface area contributed by atoms with Gasteiger partial charge in [0.1, 0.15) is 18.0 Å². The van der Waals surface area contributed by atoms with Crippen molar-refractivity contribution in [1.82, 2.24) is 0 Å². The Morgan fingerprint density at radius 3 is 2.07 bits per heavy atom. The number of nitrogens with zero attached hydrogens (tertiary/aromatic N) is 1. The Morgan fingerprint density at radius 2 is 1.59 bits per heavy atom. The molecule has 27 heavy (non-hydrogen) atoms. The molecule has 0 aromatic heterocycles. The lowest BCUT2D eigenvalue weighted by Crippen LogP contribution is -2.37. The highest BCUT2D eigenvalue weighted by molar-refractivity contribution is 7.92. The summed E-state index contributed by atoms with van der Waals surface area (Å²) in [6.45, 7) is -0.439. The number of hydrogen-bond acceptors (Lipinski definition) is 5. The van der Waals surface area contributed by atoms with Gasteiger partial charge >= 0.3 is 0 Å². The molecule has 0 radical (unpaired) electrons. The van der Waals surface area contributed by atoms with Crippen LogP contribution in [0, 0.1) is 0 Å². The number of nitrogens with one attached hydrogen (secondary N) is 1. The van der Waals surface area contributed by atoms with Crippen LogP contribution in [-0.2, 0) is 14.8 Å². The number of carbonyl (C=O) groups excluding carboxylic acids is 1. The fraction of sp³-hybridized carbons (Fsp3) is 0.235. The molecule has 0 heterocycles. The van der Waals surface area contributed by atoms with Crippen LogP contribution in [0.1, 0.15) is 0 Å². The minimum Gasteiger partial charge on any atom is -0.495 e. The quantitative estimate of drug-likeness (QED) is 0.724. The first-order valence-electron chi connectivity index (χ1n) is 7.60. The lowest BCUT2D eigenvalue weighted by atomic mass is 10.3. The number of rotatable bonds is 7. The predicted octanol–water partition coefficient (Wildman–Crippen LogP) is 3.42. The number of ether oxygens (including phenoxy) is 2. The Labute approximate surface area is 167 Å². The van der Waals surface area contributed by atoms with E-state index in [0.29, 0.717) is 22.2 Å². The fourth-order valence-corrected chi connectivity index (χ4v) is 3.64. The summed E-state index contributed by atoms with van der Waals surface area (Å²) < 4.78 is 35.4. The first-order chi connectivity index (χ1) is 12.7. The number of halogens is 2.